The monoisotopic (exact) mass is 360 g/mol. The standard InChI is InChI=1S/C18H24N4O4/c1-23-13-6-17(24-2)14(18(7-13)25-3)9-21-5-4-16-15(10-21)22-12(11-26-16)8-19-20-22/h6-8,15-16H,4-5,9-11H2,1-3H3/t15-,16-/m1/s1. The highest BCUT2D eigenvalue weighted by molar-refractivity contribution is 5.50. The molecule has 2 aliphatic rings. The predicted octanol–water partition coefficient (Wildman–Crippen LogP) is 1.65. The van der Waals surface area contributed by atoms with E-state index in [1.165, 1.54) is 0 Å². The highest BCUT2D eigenvalue weighted by Crippen LogP contribution is 2.37. The van der Waals surface area contributed by atoms with Gasteiger partial charge in [0.25, 0.3) is 0 Å². The van der Waals surface area contributed by atoms with Crippen LogP contribution in [0.15, 0.2) is 18.3 Å². The van der Waals surface area contributed by atoms with Crippen molar-refractivity contribution in [1.82, 2.24) is 19.9 Å². The highest BCUT2D eigenvalue weighted by atomic mass is 16.5. The van der Waals surface area contributed by atoms with E-state index in [0.717, 1.165) is 48.8 Å². The van der Waals surface area contributed by atoms with E-state index < -0.39 is 0 Å². The second kappa shape index (κ2) is 7.13. The summed E-state index contributed by atoms with van der Waals surface area (Å²) in [4.78, 5) is 2.38. The Morgan fingerprint density at radius 2 is 1.92 bits per heavy atom. The lowest BCUT2D eigenvalue weighted by molar-refractivity contribution is -0.0671. The lowest BCUT2D eigenvalue weighted by Crippen LogP contribution is -2.47. The van der Waals surface area contributed by atoms with Crippen molar-refractivity contribution in [3.05, 3.63) is 29.6 Å². The third-order valence-electron chi connectivity index (χ3n) is 5.21. The Morgan fingerprint density at radius 3 is 2.62 bits per heavy atom. The molecule has 0 amide bonds. The number of fused-ring (bicyclic) bond motifs is 3. The van der Waals surface area contributed by atoms with E-state index in [9.17, 15) is 0 Å². The van der Waals surface area contributed by atoms with E-state index in [1.54, 1.807) is 27.5 Å². The van der Waals surface area contributed by atoms with Crippen molar-refractivity contribution >= 4 is 0 Å². The molecule has 3 heterocycles. The zero-order chi connectivity index (χ0) is 18.1. The third kappa shape index (κ3) is 2.99. The van der Waals surface area contributed by atoms with Gasteiger partial charge < -0.3 is 18.9 Å². The normalized spacial score (nSPS) is 22.4. The van der Waals surface area contributed by atoms with Crippen LogP contribution in [0.3, 0.4) is 0 Å². The predicted molar refractivity (Wildman–Crippen MR) is 93.6 cm³/mol. The third-order valence-corrected chi connectivity index (χ3v) is 5.21. The lowest BCUT2D eigenvalue weighted by atomic mass is 9.99. The van der Waals surface area contributed by atoms with Crippen molar-refractivity contribution in [2.45, 2.75) is 31.7 Å². The van der Waals surface area contributed by atoms with Gasteiger partial charge in [-0.05, 0) is 6.42 Å². The molecule has 0 unspecified atom stereocenters. The minimum absolute atomic E-state index is 0.185. The molecule has 0 saturated carbocycles. The maximum absolute atomic E-state index is 5.99. The molecule has 2 aliphatic heterocycles. The van der Waals surface area contributed by atoms with Crippen LogP contribution in [0.25, 0.3) is 0 Å². The van der Waals surface area contributed by atoms with Crippen molar-refractivity contribution in [2.75, 3.05) is 34.4 Å². The maximum atomic E-state index is 5.99. The minimum atomic E-state index is 0.185. The van der Waals surface area contributed by atoms with E-state index >= 15 is 0 Å². The maximum Gasteiger partial charge on any atom is 0.130 e. The van der Waals surface area contributed by atoms with Crippen LogP contribution < -0.4 is 14.2 Å². The fourth-order valence-electron chi connectivity index (χ4n) is 3.85. The molecule has 26 heavy (non-hydrogen) atoms. The van der Waals surface area contributed by atoms with Crippen molar-refractivity contribution in [1.29, 1.82) is 0 Å². The zero-order valence-corrected chi connectivity index (χ0v) is 15.3. The van der Waals surface area contributed by atoms with Gasteiger partial charge in [-0.3, -0.25) is 4.90 Å². The largest absolute Gasteiger partial charge is 0.496 e. The number of rotatable bonds is 5. The molecule has 140 valence electrons. The Hall–Kier alpha value is -2.32. The van der Waals surface area contributed by atoms with Crippen LogP contribution in [-0.2, 0) is 17.9 Å². The van der Waals surface area contributed by atoms with Gasteiger partial charge in [0.1, 0.15) is 17.2 Å². The lowest BCUT2D eigenvalue weighted by Gasteiger charge is -2.41. The summed E-state index contributed by atoms with van der Waals surface area (Å²) in [6.07, 6.45) is 2.94. The second-order valence-electron chi connectivity index (χ2n) is 6.62. The van der Waals surface area contributed by atoms with Crippen LogP contribution in [0.2, 0.25) is 0 Å². The quantitative estimate of drug-likeness (QED) is 0.803. The van der Waals surface area contributed by atoms with Crippen molar-refractivity contribution in [3.8, 4) is 17.2 Å². The van der Waals surface area contributed by atoms with E-state index in [0.29, 0.717) is 12.4 Å². The molecule has 8 nitrogen and oxygen atoms in total. The Kier molecular flexibility index (Phi) is 4.69. The molecule has 0 spiro atoms. The zero-order valence-electron chi connectivity index (χ0n) is 15.3. The van der Waals surface area contributed by atoms with Gasteiger partial charge in [-0.15, -0.1) is 5.10 Å². The van der Waals surface area contributed by atoms with Crippen LogP contribution in [0.4, 0.5) is 0 Å². The Morgan fingerprint density at radius 1 is 1.15 bits per heavy atom. The number of likely N-dealkylation sites (tertiary alicyclic amines) is 1. The van der Waals surface area contributed by atoms with Crippen molar-refractivity contribution < 1.29 is 18.9 Å². The first-order chi connectivity index (χ1) is 12.7. The number of hydrogen-bond donors (Lipinski definition) is 0. The summed E-state index contributed by atoms with van der Waals surface area (Å²) in [5.41, 5.74) is 2.05. The fourth-order valence-corrected chi connectivity index (χ4v) is 3.85. The summed E-state index contributed by atoms with van der Waals surface area (Å²) >= 11 is 0. The van der Waals surface area contributed by atoms with Gasteiger partial charge in [0, 0.05) is 31.8 Å². The molecule has 1 fully saturated rings. The summed E-state index contributed by atoms with van der Waals surface area (Å²) in [5.74, 6) is 2.25. The molecule has 0 N–H and O–H groups in total. The van der Waals surface area contributed by atoms with Crippen LogP contribution in [0, 0.1) is 0 Å². The summed E-state index contributed by atoms with van der Waals surface area (Å²) in [5, 5.41) is 8.31. The van der Waals surface area contributed by atoms with Gasteiger partial charge in [0.15, 0.2) is 0 Å². The average Bonchev–Trinajstić information content (AvgIpc) is 3.17. The Balaban J connectivity index is 1.57. The van der Waals surface area contributed by atoms with E-state index in [4.69, 9.17) is 18.9 Å². The van der Waals surface area contributed by atoms with Crippen LogP contribution in [0.1, 0.15) is 23.7 Å². The number of nitrogens with zero attached hydrogens (tertiary/aromatic N) is 4. The molecule has 1 aromatic carbocycles. The smallest absolute Gasteiger partial charge is 0.130 e. The highest BCUT2D eigenvalue weighted by Gasteiger charge is 2.36. The number of benzene rings is 1. The molecule has 2 aromatic rings. The van der Waals surface area contributed by atoms with E-state index in [2.05, 4.69) is 15.2 Å². The summed E-state index contributed by atoms with van der Waals surface area (Å²) in [6.45, 7) is 3.11. The van der Waals surface area contributed by atoms with Gasteiger partial charge in [-0.2, -0.15) is 0 Å². The molecule has 1 aromatic heterocycles. The Labute approximate surface area is 152 Å². The molecular weight excluding hydrogens is 336 g/mol. The van der Waals surface area contributed by atoms with Crippen LogP contribution >= 0.6 is 0 Å². The van der Waals surface area contributed by atoms with Gasteiger partial charge >= 0.3 is 0 Å². The van der Waals surface area contributed by atoms with Crippen LogP contribution in [-0.4, -0.2) is 60.4 Å². The first kappa shape index (κ1) is 17.1. The number of hydrogen-bond acceptors (Lipinski definition) is 7. The van der Waals surface area contributed by atoms with Gasteiger partial charge in [0.2, 0.25) is 0 Å². The molecule has 0 radical (unpaired) electrons. The molecule has 0 bridgehead atoms. The molecule has 0 aliphatic carbocycles. The summed E-state index contributed by atoms with van der Waals surface area (Å²) in [7, 11) is 4.97. The number of ether oxygens (including phenoxy) is 4. The molecular formula is C18H24N4O4. The fraction of sp³-hybridized carbons (Fsp3) is 0.556. The number of piperidine rings is 1. The topological polar surface area (TPSA) is 70.9 Å². The van der Waals surface area contributed by atoms with Crippen molar-refractivity contribution in [3.63, 3.8) is 0 Å². The molecule has 1 saturated heterocycles. The molecule has 8 heteroatoms. The number of methoxy groups -OCH3 is 3. The Bertz CT molecular complexity index is 753. The summed E-state index contributed by atoms with van der Waals surface area (Å²) in [6, 6.07) is 3.97. The first-order valence-electron chi connectivity index (χ1n) is 8.75. The summed E-state index contributed by atoms with van der Waals surface area (Å²) < 4.78 is 24.5. The average molecular weight is 360 g/mol. The minimum Gasteiger partial charge on any atom is -0.496 e. The second-order valence-corrected chi connectivity index (χ2v) is 6.62. The van der Waals surface area contributed by atoms with E-state index in [1.807, 2.05) is 16.8 Å². The van der Waals surface area contributed by atoms with Gasteiger partial charge in [-0.1, -0.05) is 5.21 Å². The molecule has 4 rings (SSSR count). The molecule has 2 atom stereocenters. The van der Waals surface area contributed by atoms with Gasteiger partial charge in [0.05, 0.1) is 57.5 Å². The van der Waals surface area contributed by atoms with Crippen LogP contribution in [0.5, 0.6) is 17.2 Å². The SMILES string of the molecule is COc1cc(OC)c(CN2CC[C@H]3OCc4cnnn4[C@@H]3C2)c(OC)c1. The first-order valence-corrected chi connectivity index (χ1v) is 8.75. The van der Waals surface area contributed by atoms with Crippen molar-refractivity contribution in [2.24, 2.45) is 0 Å². The van der Waals surface area contributed by atoms with Gasteiger partial charge in [-0.25, -0.2) is 4.68 Å². The van der Waals surface area contributed by atoms with E-state index in [-0.39, 0.29) is 12.1 Å². The number of aromatic nitrogens is 3.